The average Bonchev–Trinajstić information content (AvgIpc) is 3.12. The van der Waals surface area contributed by atoms with Crippen molar-refractivity contribution in [2.24, 2.45) is 0 Å². The molecule has 0 unspecified atom stereocenters. The van der Waals surface area contributed by atoms with E-state index < -0.39 is 10.0 Å². The third-order valence-corrected chi connectivity index (χ3v) is 8.02. The number of thioether (sulfide) groups is 1. The lowest BCUT2D eigenvalue weighted by Gasteiger charge is -2.39. The molecule has 8 nitrogen and oxygen atoms in total. The molecule has 0 spiro atoms. The quantitative estimate of drug-likeness (QED) is 0.539. The summed E-state index contributed by atoms with van der Waals surface area (Å²) in [6.07, 6.45) is 4.42. The molecule has 0 radical (unpaired) electrons. The van der Waals surface area contributed by atoms with E-state index in [-0.39, 0.29) is 24.5 Å². The van der Waals surface area contributed by atoms with E-state index in [0.29, 0.717) is 29.0 Å². The van der Waals surface area contributed by atoms with Crippen LogP contribution in [0.25, 0.3) is 0 Å². The molecule has 1 aliphatic heterocycles. The van der Waals surface area contributed by atoms with Crippen LogP contribution < -0.4 is 4.31 Å². The summed E-state index contributed by atoms with van der Waals surface area (Å²) in [5.41, 5.74) is 1.64. The molecule has 32 heavy (non-hydrogen) atoms. The highest BCUT2D eigenvalue weighted by atomic mass is 32.2. The normalized spacial score (nSPS) is 19.2. The number of benzene rings is 1. The number of anilines is 1. The van der Waals surface area contributed by atoms with E-state index in [9.17, 15) is 13.2 Å². The van der Waals surface area contributed by atoms with Crippen molar-refractivity contribution < 1.29 is 13.2 Å². The van der Waals surface area contributed by atoms with Crippen LogP contribution in [0.15, 0.2) is 29.4 Å². The van der Waals surface area contributed by atoms with Gasteiger partial charge in [-0.15, -0.1) is 10.2 Å². The van der Waals surface area contributed by atoms with Gasteiger partial charge in [0.1, 0.15) is 0 Å². The van der Waals surface area contributed by atoms with Gasteiger partial charge in [-0.3, -0.25) is 9.10 Å². The average molecular weight is 480 g/mol. The van der Waals surface area contributed by atoms with Crippen LogP contribution in [0, 0.1) is 6.92 Å². The first-order valence-electron chi connectivity index (χ1n) is 11.0. The van der Waals surface area contributed by atoms with Gasteiger partial charge in [0, 0.05) is 18.6 Å². The van der Waals surface area contributed by atoms with Crippen LogP contribution in [0.3, 0.4) is 0 Å². The maximum absolute atomic E-state index is 12.9. The summed E-state index contributed by atoms with van der Waals surface area (Å²) in [5, 5.41) is 9.16. The minimum absolute atomic E-state index is 0.0808. The Balaban J connectivity index is 1.76. The molecular weight excluding hydrogens is 446 g/mol. The Morgan fingerprint density at radius 3 is 2.34 bits per heavy atom. The molecule has 2 atom stereocenters. The van der Waals surface area contributed by atoms with Crippen LogP contribution in [0.5, 0.6) is 0 Å². The van der Waals surface area contributed by atoms with Crippen molar-refractivity contribution in [3.05, 3.63) is 35.7 Å². The second-order valence-corrected chi connectivity index (χ2v) is 11.3. The topological polar surface area (TPSA) is 88.4 Å². The first-order valence-corrected chi connectivity index (χ1v) is 13.9. The van der Waals surface area contributed by atoms with Gasteiger partial charge in [0.05, 0.1) is 24.2 Å². The molecule has 0 bridgehead atoms. The first-order chi connectivity index (χ1) is 15.1. The highest BCUT2D eigenvalue weighted by Crippen LogP contribution is 2.26. The fourth-order valence-electron chi connectivity index (χ4n) is 4.21. The molecule has 1 aromatic carbocycles. The summed E-state index contributed by atoms with van der Waals surface area (Å²) < 4.78 is 28.2. The smallest absolute Gasteiger partial charge is 0.233 e. The molecule has 2 heterocycles. The Morgan fingerprint density at radius 1 is 1.16 bits per heavy atom. The zero-order valence-corrected chi connectivity index (χ0v) is 21.1. The number of piperidine rings is 1. The van der Waals surface area contributed by atoms with Gasteiger partial charge in [0.25, 0.3) is 0 Å². The molecule has 3 rings (SSSR count). The minimum atomic E-state index is -3.51. The van der Waals surface area contributed by atoms with Crippen LogP contribution in [0.4, 0.5) is 5.69 Å². The van der Waals surface area contributed by atoms with Gasteiger partial charge >= 0.3 is 0 Å². The molecule has 0 saturated carbocycles. The van der Waals surface area contributed by atoms with Crippen LogP contribution in [0.1, 0.15) is 51.4 Å². The number of rotatable bonds is 8. The largest absolute Gasteiger partial charge is 0.337 e. The summed E-state index contributed by atoms with van der Waals surface area (Å²) in [5.74, 6) is 0.952. The summed E-state index contributed by atoms with van der Waals surface area (Å²) in [7, 11) is -3.51. The molecule has 1 aromatic heterocycles. The van der Waals surface area contributed by atoms with Gasteiger partial charge in [-0.1, -0.05) is 29.5 Å². The predicted octanol–water partition coefficient (Wildman–Crippen LogP) is 3.45. The van der Waals surface area contributed by atoms with E-state index in [1.165, 1.54) is 22.3 Å². The maximum Gasteiger partial charge on any atom is 0.233 e. The predicted molar refractivity (Wildman–Crippen MR) is 128 cm³/mol. The molecule has 1 saturated heterocycles. The van der Waals surface area contributed by atoms with Crippen molar-refractivity contribution in [1.29, 1.82) is 0 Å². The van der Waals surface area contributed by atoms with Gasteiger partial charge < -0.3 is 9.47 Å². The van der Waals surface area contributed by atoms with Crippen molar-refractivity contribution in [2.75, 3.05) is 16.3 Å². The Labute approximate surface area is 195 Å². The van der Waals surface area contributed by atoms with Gasteiger partial charge in [-0.25, -0.2) is 8.42 Å². The zero-order chi connectivity index (χ0) is 23.5. The summed E-state index contributed by atoms with van der Waals surface area (Å²) in [6.45, 7) is 8.80. The molecule has 1 aliphatic rings. The molecule has 2 aromatic rings. The lowest BCUT2D eigenvalue weighted by Crippen LogP contribution is -2.48. The number of sulfonamides is 1. The molecule has 10 heteroatoms. The zero-order valence-electron chi connectivity index (χ0n) is 19.5. The second kappa shape index (κ2) is 10.2. The van der Waals surface area contributed by atoms with Crippen molar-refractivity contribution in [2.45, 2.75) is 77.3 Å². The van der Waals surface area contributed by atoms with Crippen molar-refractivity contribution in [3.8, 4) is 0 Å². The highest BCUT2D eigenvalue weighted by molar-refractivity contribution is 7.99. The summed E-state index contributed by atoms with van der Waals surface area (Å²) in [4.78, 5) is 14.9. The molecular formula is C22H33N5O3S2. The van der Waals surface area contributed by atoms with Crippen LogP contribution in [-0.4, -0.2) is 58.1 Å². The molecule has 1 amide bonds. The van der Waals surface area contributed by atoms with Crippen molar-refractivity contribution >= 4 is 33.4 Å². The lowest BCUT2D eigenvalue weighted by molar-refractivity contribution is -0.134. The van der Waals surface area contributed by atoms with Gasteiger partial charge in [0.2, 0.25) is 15.9 Å². The Hall–Kier alpha value is -2.07. The number of aromatic nitrogens is 3. The number of carbonyl (C=O) groups excluding carboxylic acids is 1. The Bertz CT molecular complexity index is 1030. The first kappa shape index (κ1) is 24.6. The Morgan fingerprint density at radius 2 is 1.78 bits per heavy atom. The number of carbonyl (C=O) groups is 1. The van der Waals surface area contributed by atoms with Crippen molar-refractivity contribution in [1.82, 2.24) is 19.7 Å². The third-order valence-electron chi connectivity index (χ3n) is 5.92. The minimum Gasteiger partial charge on any atom is -0.337 e. The second-order valence-electron chi connectivity index (χ2n) is 8.47. The van der Waals surface area contributed by atoms with E-state index in [1.807, 2.05) is 35.4 Å². The number of hydrogen-bond acceptors (Lipinski definition) is 6. The summed E-state index contributed by atoms with van der Waals surface area (Å²) in [6, 6.07) is 7.85. The van der Waals surface area contributed by atoms with Crippen molar-refractivity contribution in [3.63, 3.8) is 0 Å². The van der Waals surface area contributed by atoms with E-state index in [1.54, 1.807) is 12.1 Å². The molecule has 1 fully saturated rings. The third kappa shape index (κ3) is 5.64. The Kier molecular flexibility index (Phi) is 7.87. The van der Waals surface area contributed by atoms with E-state index in [4.69, 9.17) is 0 Å². The standard InChI is InChI=1S/C22H33N5O3S2/c1-6-25-20(14-26(32(5,29)30)19-12-10-16(2)11-13-19)23-24-22(25)31-15-21(28)27-17(3)8-7-9-18(27)4/h10-13,17-18H,6-9,14-15H2,1-5H3/t17-,18+. The highest BCUT2D eigenvalue weighted by Gasteiger charge is 2.29. The fourth-order valence-corrected chi connectivity index (χ4v) is 5.96. The van der Waals surface area contributed by atoms with Gasteiger partial charge in [-0.2, -0.15) is 0 Å². The summed E-state index contributed by atoms with van der Waals surface area (Å²) >= 11 is 1.36. The van der Waals surface area contributed by atoms with Gasteiger partial charge in [0.15, 0.2) is 11.0 Å². The van der Waals surface area contributed by atoms with E-state index in [2.05, 4.69) is 24.0 Å². The van der Waals surface area contributed by atoms with E-state index in [0.717, 1.165) is 24.8 Å². The van der Waals surface area contributed by atoms with Crippen LogP contribution >= 0.6 is 11.8 Å². The molecule has 0 N–H and O–H groups in total. The monoisotopic (exact) mass is 479 g/mol. The number of likely N-dealkylation sites (tertiary alicyclic amines) is 1. The number of aryl methyl sites for hydroxylation is 1. The fraction of sp³-hybridized carbons (Fsp3) is 0.591. The van der Waals surface area contributed by atoms with Gasteiger partial charge in [-0.05, 0) is 59.1 Å². The molecule has 176 valence electrons. The SMILES string of the molecule is CCn1c(CN(c2ccc(C)cc2)S(C)(=O)=O)nnc1SCC(=O)N1[C@H](C)CCC[C@@H]1C. The number of nitrogens with zero attached hydrogens (tertiary/aromatic N) is 5. The maximum atomic E-state index is 12.9. The lowest BCUT2D eigenvalue weighted by atomic mass is 9.98. The molecule has 0 aliphatic carbocycles. The number of amides is 1. The number of hydrogen-bond donors (Lipinski definition) is 0. The van der Waals surface area contributed by atoms with Crippen LogP contribution in [0.2, 0.25) is 0 Å². The van der Waals surface area contributed by atoms with Crippen LogP contribution in [-0.2, 0) is 27.9 Å². The van der Waals surface area contributed by atoms with E-state index >= 15 is 0 Å².